The van der Waals surface area contributed by atoms with Gasteiger partial charge in [-0.2, -0.15) is 79.0 Å². The first-order valence-corrected chi connectivity index (χ1v) is 21.1. The van der Waals surface area contributed by atoms with Crippen molar-refractivity contribution in [2.75, 3.05) is 0 Å². The molecule has 0 fully saturated rings. The molecule has 0 aromatic rings. The number of rotatable bonds is 0. The maximum absolute atomic E-state index is 10.7. The Kier molecular flexibility index (Phi) is 40.3. The number of halogens is 18. The van der Waals surface area contributed by atoms with Crippen LogP contribution in [-0.2, 0) is 19.2 Å². The molecule has 0 heterocycles. The third-order valence-corrected chi connectivity index (χ3v) is 1.53. The zero-order valence-corrected chi connectivity index (χ0v) is 28.8. The molecule has 0 saturated heterocycles. The van der Waals surface area contributed by atoms with Gasteiger partial charge in [0.05, 0.1) is 0 Å². The van der Waals surface area contributed by atoms with E-state index < -0.39 is 73.5 Å². The summed E-state index contributed by atoms with van der Waals surface area (Å²) in [5, 5.41) is 61.1. The molecule has 0 bridgehead atoms. The Labute approximate surface area is 274 Å². The first-order chi connectivity index (χ1) is 20.5. The third-order valence-electron chi connectivity index (χ3n) is 1.53. The zero-order valence-electron chi connectivity index (χ0n) is 23.1. The molecule has 0 saturated carbocycles. The summed E-state index contributed by atoms with van der Waals surface area (Å²) in [6, 6.07) is 0. The fraction of sp³-hybridized carbons (Fsp3) is 0.750. The normalized spacial score (nSPS) is 11.1. The summed E-state index contributed by atoms with van der Waals surface area (Å²) in [7, 11) is 0. The average Bonchev–Trinajstić information content (AvgIpc) is 2.78. The van der Waals surface area contributed by atoms with E-state index in [1.54, 1.807) is 0 Å². The van der Waals surface area contributed by atoms with Crippen LogP contribution in [0.15, 0.2) is 0 Å². The Hall–Kier alpha value is -1.94. The summed E-state index contributed by atoms with van der Waals surface area (Å²) in [5.41, 5.74) is 0. The predicted octanol–water partition coefficient (Wildman–Crippen LogP) is 1.16. The predicted molar refractivity (Wildman–Crippen MR) is 113 cm³/mol. The molecule has 0 spiro atoms. The van der Waals surface area contributed by atoms with E-state index in [1.165, 1.54) is 0 Å². The summed E-state index contributed by atoms with van der Waals surface area (Å²) >= 11 is 0.460. The number of carboxylic acids is 4. The van der Waals surface area contributed by atoms with Crippen molar-refractivity contribution >= 4 is 66.2 Å². The van der Waals surface area contributed by atoms with Crippen molar-refractivity contribution in [3.8, 4) is 0 Å². The molecular weight excluding hydrogens is 964 g/mol. The molecule has 0 aliphatic carbocycles. The van der Waals surface area contributed by atoms with Crippen molar-refractivity contribution in [3.63, 3.8) is 0 Å². The Balaban J connectivity index is -0.0000000645. The van der Waals surface area contributed by atoms with Crippen molar-refractivity contribution in [2.45, 2.75) is 69.4 Å². The summed E-state index contributed by atoms with van der Waals surface area (Å²) in [5.74, 6) is -11.5. The topological polar surface area (TPSA) is 236 Å². The quantitative estimate of drug-likeness (QED) is 0.114. The fourth-order valence-corrected chi connectivity index (χ4v) is 0. The standard InChI is InChI=1S/2C2H3F3O2.4C2HF3O2.4CH3.2Sn/c6*3-2(4,5)1(6)7;;;;;;/h2*1,6-7H;4*(H,6,7);4*1H3;;/p-2. The minimum atomic E-state index is -5.19. The first kappa shape index (κ1) is 64.6. The van der Waals surface area contributed by atoms with Gasteiger partial charge in [0.2, 0.25) is 0 Å². The van der Waals surface area contributed by atoms with Crippen LogP contribution in [0, 0.1) is 0 Å². The van der Waals surface area contributed by atoms with E-state index in [2.05, 4.69) is 19.8 Å². The van der Waals surface area contributed by atoms with Gasteiger partial charge < -0.3 is 50.4 Å². The summed E-state index contributed by atoms with van der Waals surface area (Å²) in [6.45, 7) is 0. The third kappa shape index (κ3) is 70.4. The van der Waals surface area contributed by atoms with Gasteiger partial charge in [0.1, 0.15) is 11.9 Å². The summed E-state index contributed by atoms with van der Waals surface area (Å²) in [4.78, 5) is 44.5. The molecule has 0 aliphatic rings. The number of alkyl halides is 18. The van der Waals surface area contributed by atoms with Gasteiger partial charge in [-0.1, -0.05) is 0 Å². The van der Waals surface area contributed by atoms with Crippen LogP contribution in [-0.4, -0.2) is 146 Å². The molecule has 0 aromatic heterocycles. The molecule has 0 atom stereocenters. The molecule has 48 heavy (non-hydrogen) atoms. The molecule has 292 valence electrons. The monoisotopic (exact) mass is 986 g/mol. The van der Waals surface area contributed by atoms with Crippen LogP contribution < -0.4 is 10.2 Å². The van der Waals surface area contributed by atoms with Crippen molar-refractivity contribution in [1.82, 2.24) is 0 Å². The second kappa shape index (κ2) is 29.9. The van der Waals surface area contributed by atoms with Crippen LogP contribution in [0.1, 0.15) is 0 Å². The van der Waals surface area contributed by atoms with E-state index in [1.807, 2.05) is 0 Å². The Morgan fingerprint density at radius 1 is 0.438 bits per heavy atom. The van der Waals surface area contributed by atoms with E-state index in [9.17, 15) is 79.0 Å². The van der Waals surface area contributed by atoms with Crippen LogP contribution in [0.5, 0.6) is 0 Å². The Morgan fingerprint density at radius 3 is 0.500 bits per heavy atom. The Morgan fingerprint density at radius 2 is 0.500 bits per heavy atom. The average molecular weight is 984 g/mol. The van der Waals surface area contributed by atoms with Crippen LogP contribution in [0.2, 0.25) is 19.8 Å². The van der Waals surface area contributed by atoms with Crippen LogP contribution in [0.3, 0.4) is 0 Å². The SMILES string of the molecule is O=C(O)C(F)(F)F.O=C(O)C(F)(F)F.O=C([O-])C(F)(F)F.O=C([O-])C(F)(F)F.OC(O)C(F)(F)F.OC(O)C(F)(F)F.[CH3][Sn][CH3].[CH3][Sn][CH3]. The molecule has 4 radical (unpaired) electrons. The van der Waals surface area contributed by atoms with Gasteiger partial charge in [-0.3, -0.25) is 0 Å². The maximum atomic E-state index is 10.7. The van der Waals surface area contributed by atoms with Gasteiger partial charge in [-0.25, -0.2) is 9.59 Å². The number of carboxylic acid groups (broad SMARTS) is 4. The Bertz CT molecular complexity index is 719. The number of hydrogen-bond acceptors (Lipinski definition) is 10. The van der Waals surface area contributed by atoms with Gasteiger partial charge in [-0.15, -0.1) is 0 Å². The molecule has 12 nitrogen and oxygen atoms in total. The van der Waals surface area contributed by atoms with Crippen LogP contribution in [0.4, 0.5) is 79.0 Å². The number of aliphatic hydroxyl groups is 4. The molecule has 32 heteroatoms. The van der Waals surface area contributed by atoms with E-state index >= 15 is 0 Å². The number of carbonyl (C=O) groups is 4. The summed E-state index contributed by atoms with van der Waals surface area (Å²) < 4.78 is 191. The van der Waals surface area contributed by atoms with Gasteiger partial charge in [0, 0.05) is 0 Å². The molecular formula is C16H20F18O12Sn2-2. The zero-order chi connectivity index (χ0) is 41.9. The first-order valence-electron chi connectivity index (χ1n) is 9.68. The van der Waals surface area contributed by atoms with Crippen molar-refractivity contribution < 1.29 is 139 Å². The van der Waals surface area contributed by atoms with Crippen molar-refractivity contribution in [2.24, 2.45) is 0 Å². The number of carbonyl (C=O) groups excluding carboxylic acids is 2. The van der Waals surface area contributed by atoms with Crippen molar-refractivity contribution in [3.05, 3.63) is 0 Å². The van der Waals surface area contributed by atoms with Gasteiger partial charge >= 0.3 is 111 Å². The van der Waals surface area contributed by atoms with E-state index in [0.29, 0.717) is 0 Å². The molecule has 0 rings (SSSR count). The second-order valence-corrected chi connectivity index (χ2v) is 11.7. The molecule has 6 N–H and O–H groups in total. The van der Waals surface area contributed by atoms with Crippen LogP contribution in [0.25, 0.3) is 0 Å². The number of aliphatic carboxylic acids is 4. The van der Waals surface area contributed by atoms with E-state index in [-0.39, 0.29) is 42.3 Å². The molecule has 0 aliphatic heterocycles. The van der Waals surface area contributed by atoms with E-state index in [0.717, 1.165) is 0 Å². The van der Waals surface area contributed by atoms with Gasteiger partial charge in [0.25, 0.3) is 12.6 Å². The van der Waals surface area contributed by atoms with Gasteiger partial charge in [-0.05, 0) is 0 Å². The molecule has 0 unspecified atom stereocenters. The number of hydrogen-bond donors (Lipinski definition) is 6. The molecule has 0 aromatic carbocycles. The van der Waals surface area contributed by atoms with Gasteiger partial charge in [0.15, 0.2) is 0 Å². The fourth-order valence-electron chi connectivity index (χ4n) is 0. The second-order valence-electron chi connectivity index (χ2n) is 6.01. The number of aliphatic hydroxyl groups excluding tert-OH is 2. The summed E-state index contributed by atoms with van der Waals surface area (Å²) in [6.07, 6.45) is -36.7. The minimum absolute atomic E-state index is 0.230. The van der Waals surface area contributed by atoms with Crippen LogP contribution >= 0.6 is 0 Å². The molecule has 0 amide bonds. The van der Waals surface area contributed by atoms with Crippen molar-refractivity contribution in [1.29, 1.82) is 0 Å². The van der Waals surface area contributed by atoms with E-state index in [4.69, 9.17) is 60.0 Å².